The number of pyridine rings is 1. The Labute approximate surface area is 214 Å². The summed E-state index contributed by atoms with van der Waals surface area (Å²) in [5.74, 6) is 1.14. The van der Waals surface area contributed by atoms with Crippen molar-refractivity contribution in [1.82, 2.24) is 14.5 Å². The molecule has 3 heterocycles. The van der Waals surface area contributed by atoms with Crippen molar-refractivity contribution >= 4 is 17.4 Å². The third kappa shape index (κ3) is 5.79. The van der Waals surface area contributed by atoms with E-state index in [0.717, 1.165) is 49.4 Å². The van der Waals surface area contributed by atoms with Crippen LogP contribution in [-0.2, 0) is 12.7 Å². The van der Waals surface area contributed by atoms with E-state index in [1.165, 1.54) is 18.3 Å². The third-order valence-electron chi connectivity index (χ3n) is 6.98. The van der Waals surface area contributed by atoms with Gasteiger partial charge in [0, 0.05) is 25.2 Å². The maximum absolute atomic E-state index is 13.1. The molecule has 0 saturated carbocycles. The number of benzene rings is 1. The van der Waals surface area contributed by atoms with Gasteiger partial charge in [-0.1, -0.05) is 12.1 Å². The molecule has 0 radical (unpaired) electrons. The summed E-state index contributed by atoms with van der Waals surface area (Å²) in [6, 6.07) is 6.59. The fourth-order valence-electron chi connectivity index (χ4n) is 4.88. The first-order chi connectivity index (χ1) is 17.4. The molecule has 2 N–H and O–H groups in total. The van der Waals surface area contributed by atoms with Gasteiger partial charge in [-0.2, -0.15) is 13.2 Å². The van der Waals surface area contributed by atoms with Crippen molar-refractivity contribution < 1.29 is 23.1 Å². The summed E-state index contributed by atoms with van der Waals surface area (Å²) in [4.78, 5) is 24.2. The first kappa shape index (κ1) is 26.7. The van der Waals surface area contributed by atoms with Gasteiger partial charge < -0.3 is 19.9 Å². The predicted octanol–water partition coefficient (Wildman–Crippen LogP) is 5.53. The molecule has 0 unspecified atom stereocenters. The Bertz CT molecular complexity index is 1250. The van der Waals surface area contributed by atoms with Crippen LogP contribution in [0.15, 0.2) is 42.7 Å². The zero-order valence-corrected chi connectivity index (χ0v) is 21.4. The maximum atomic E-state index is 13.1. The monoisotopic (exact) mass is 515 g/mol. The first-order valence-electron chi connectivity index (χ1n) is 12.4. The number of alkyl halides is 3. The highest BCUT2D eigenvalue weighted by molar-refractivity contribution is 6.03. The molecule has 2 aromatic heterocycles. The first-order valence-corrected chi connectivity index (χ1v) is 12.4. The van der Waals surface area contributed by atoms with Crippen LogP contribution < -0.4 is 10.2 Å². The summed E-state index contributed by atoms with van der Waals surface area (Å²) >= 11 is 0. The Kier molecular flexibility index (Phi) is 7.32. The lowest BCUT2D eigenvalue weighted by Gasteiger charge is -2.38. The Balaban J connectivity index is 1.47. The van der Waals surface area contributed by atoms with Crippen LogP contribution >= 0.6 is 0 Å². The highest BCUT2D eigenvalue weighted by Gasteiger charge is 2.32. The molecule has 1 aliphatic rings. The fraction of sp³-hybridized carbons (Fsp3) is 0.444. The average Bonchev–Trinajstić information content (AvgIpc) is 3.28. The molecule has 0 spiro atoms. The molecule has 10 heteroatoms. The Hall–Kier alpha value is -3.40. The topological polar surface area (TPSA) is 83.3 Å². The number of hydrogen-bond acceptors (Lipinski definition) is 5. The number of aliphatic hydroxyl groups is 1. The lowest BCUT2D eigenvalue weighted by atomic mass is 9.83. The molecule has 1 fully saturated rings. The van der Waals surface area contributed by atoms with Crippen LogP contribution in [0.1, 0.15) is 55.2 Å². The Morgan fingerprint density at radius 3 is 2.30 bits per heavy atom. The smallest absolute Gasteiger partial charge is 0.390 e. The fourth-order valence-corrected chi connectivity index (χ4v) is 4.88. The van der Waals surface area contributed by atoms with Gasteiger partial charge in [0.2, 0.25) is 0 Å². The molecule has 1 aromatic carbocycles. The van der Waals surface area contributed by atoms with Crippen LogP contribution in [0.5, 0.6) is 0 Å². The van der Waals surface area contributed by atoms with Gasteiger partial charge in [-0.05, 0) is 70.2 Å². The highest BCUT2D eigenvalue weighted by atomic mass is 19.4. The number of carbonyl (C=O) groups is 1. The maximum Gasteiger partial charge on any atom is 0.416 e. The van der Waals surface area contributed by atoms with Gasteiger partial charge in [0.1, 0.15) is 17.3 Å². The summed E-state index contributed by atoms with van der Waals surface area (Å²) in [7, 11) is 0. The standard InChI is InChI=1S/C27H32F3N5O2/c1-5-35-22(16-32-24(35)18-6-8-20(9-7-18)27(28,29)30)25(36)33-21-14-17(2)23(31-15-21)34-12-10-19(11-13-34)26(3,4)37/h6-9,14-16,19,37H,5,10-13H2,1-4H3,(H,33,36). The van der Waals surface area contributed by atoms with E-state index in [1.54, 1.807) is 10.8 Å². The molecular weight excluding hydrogens is 483 g/mol. The highest BCUT2D eigenvalue weighted by Crippen LogP contribution is 2.32. The molecule has 1 amide bonds. The molecule has 0 aliphatic carbocycles. The molecule has 0 bridgehead atoms. The second-order valence-corrected chi connectivity index (χ2v) is 10.0. The van der Waals surface area contributed by atoms with E-state index in [1.807, 2.05) is 33.8 Å². The number of nitrogens with one attached hydrogen (secondary N) is 1. The van der Waals surface area contributed by atoms with Crippen molar-refractivity contribution in [2.24, 2.45) is 5.92 Å². The van der Waals surface area contributed by atoms with Crippen molar-refractivity contribution in [3.8, 4) is 11.4 Å². The quantitative estimate of drug-likeness (QED) is 0.451. The van der Waals surface area contributed by atoms with E-state index in [9.17, 15) is 23.1 Å². The van der Waals surface area contributed by atoms with Gasteiger partial charge in [-0.15, -0.1) is 0 Å². The molecular formula is C27H32F3N5O2. The van der Waals surface area contributed by atoms with Gasteiger partial charge in [-0.3, -0.25) is 4.79 Å². The molecule has 1 saturated heterocycles. The lowest BCUT2D eigenvalue weighted by molar-refractivity contribution is -0.137. The van der Waals surface area contributed by atoms with Crippen LogP contribution in [0.3, 0.4) is 0 Å². The number of halogens is 3. The number of nitrogens with zero attached hydrogens (tertiary/aromatic N) is 4. The van der Waals surface area contributed by atoms with Gasteiger partial charge in [0.15, 0.2) is 0 Å². The zero-order valence-electron chi connectivity index (χ0n) is 21.4. The Morgan fingerprint density at radius 2 is 1.76 bits per heavy atom. The number of rotatable bonds is 6. The minimum absolute atomic E-state index is 0.249. The van der Waals surface area contributed by atoms with Crippen LogP contribution in [0.25, 0.3) is 11.4 Å². The molecule has 7 nitrogen and oxygen atoms in total. The summed E-state index contributed by atoms with van der Waals surface area (Å²) < 4.78 is 40.4. The van der Waals surface area contributed by atoms with Gasteiger partial charge in [0.25, 0.3) is 5.91 Å². The second-order valence-electron chi connectivity index (χ2n) is 10.0. The van der Waals surface area contributed by atoms with E-state index in [-0.39, 0.29) is 11.8 Å². The van der Waals surface area contributed by atoms with E-state index in [2.05, 4.69) is 20.2 Å². The normalized spacial score (nSPS) is 15.2. The minimum atomic E-state index is -4.42. The number of amides is 1. The lowest BCUT2D eigenvalue weighted by Crippen LogP contribution is -2.42. The number of anilines is 2. The molecule has 3 aromatic rings. The molecule has 1 aliphatic heterocycles. The van der Waals surface area contributed by atoms with Crippen LogP contribution in [0.4, 0.5) is 24.7 Å². The minimum Gasteiger partial charge on any atom is -0.390 e. The van der Waals surface area contributed by atoms with Crippen molar-refractivity contribution in [3.05, 3.63) is 59.5 Å². The Morgan fingerprint density at radius 1 is 1.11 bits per heavy atom. The van der Waals surface area contributed by atoms with Crippen LogP contribution in [-0.4, -0.2) is 44.2 Å². The molecule has 37 heavy (non-hydrogen) atoms. The van der Waals surface area contributed by atoms with Gasteiger partial charge >= 0.3 is 6.18 Å². The van der Waals surface area contributed by atoms with E-state index in [0.29, 0.717) is 29.3 Å². The van der Waals surface area contributed by atoms with Crippen molar-refractivity contribution in [2.75, 3.05) is 23.3 Å². The summed E-state index contributed by atoms with van der Waals surface area (Å²) in [5, 5.41) is 13.2. The van der Waals surface area contributed by atoms with Crippen molar-refractivity contribution in [1.29, 1.82) is 0 Å². The zero-order chi connectivity index (χ0) is 27.0. The number of carbonyl (C=O) groups excluding carboxylic acids is 1. The molecule has 0 atom stereocenters. The number of imidazole rings is 1. The van der Waals surface area contributed by atoms with E-state index >= 15 is 0 Å². The summed E-state index contributed by atoms with van der Waals surface area (Å²) in [6.45, 7) is 9.51. The van der Waals surface area contributed by atoms with Gasteiger partial charge in [-0.25, -0.2) is 9.97 Å². The number of aryl methyl sites for hydroxylation is 1. The average molecular weight is 516 g/mol. The largest absolute Gasteiger partial charge is 0.416 e. The van der Waals surface area contributed by atoms with Crippen molar-refractivity contribution in [2.45, 2.75) is 58.9 Å². The SMILES string of the molecule is CCn1c(C(=O)Nc2cnc(N3CCC(C(C)(C)O)CC3)c(C)c2)cnc1-c1ccc(C(F)(F)F)cc1. The van der Waals surface area contributed by atoms with E-state index in [4.69, 9.17) is 0 Å². The van der Waals surface area contributed by atoms with Crippen molar-refractivity contribution in [3.63, 3.8) is 0 Å². The molecule has 198 valence electrons. The second kappa shape index (κ2) is 10.2. The summed E-state index contributed by atoms with van der Waals surface area (Å²) in [6.07, 6.45) is 0.383. The third-order valence-corrected chi connectivity index (χ3v) is 6.98. The number of aromatic nitrogens is 3. The van der Waals surface area contributed by atoms with Crippen LogP contribution in [0, 0.1) is 12.8 Å². The predicted molar refractivity (Wildman–Crippen MR) is 137 cm³/mol. The number of hydrogen-bond donors (Lipinski definition) is 2. The van der Waals surface area contributed by atoms with E-state index < -0.39 is 17.3 Å². The van der Waals surface area contributed by atoms with Crippen LogP contribution in [0.2, 0.25) is 0 Å². The summed E-state index contributed by atoms with van der Waals surface area (Å²) in [5.41, 5.74) is 0.820. The van der Waals surface area contributed by atoms with Gasteiger partial charge in [0.05, 0.1) is 29.2 Å². The molecule has 4 rings (SSSR count). The number of piperidine rings is 1.